The standard InChI is InChI=1S/C17H28N4O3S/c1-14-7-6-8-15(13-14)16(18(2)3)17(22)20-9-11-21(12-10-20)25(23,24)19(4)5/h6-8,13,16H,9-12H2,1-5H3/t16-/m1/s1. The molecule has 0 aliphatic carbocycles. The second-order valence-corrected chi connectivity index (χ2v) is 8.94. The molecular weight excluding hydrogens is 340 g/mol. The number of likely N-dealkylation sites (N-methyl/N-ethyl adjacent to an activating group) is 1. The average molecular weight is 369 g/mol. The maximum Gasteiger partial charge on any atom is 0.281 e. The molecule has 1 aliphatic heterocycles. The number of rotatable bonds is 5. The van der Waals surface area contributed by atoms with Crippen LogP contribution in [0.4, 0.5) is 0 Å². The van der Waals surface area contributed by atoms with Crippen LogP contribution in [0.3, 0.4) is 0 Å². The smallest absolute Gasteiger partial charge is 0.281 e. The lowest BCUT2D eigenvalue weighted by Gasteiger charge is -2.37. The highest BCUT2D eigenvalue weighted by Crippen LogP contribution is 2.23. The Labute approximate surface area is 151 Å². The summed E-state index contributed by atoms with van der Waals surface area (Å²) in [6, 6.07) is 7.58. The van der Waals surface area contributed by atoms with Crippen LogP contribution in [0.1, 0.15) is 17.2 Å². The average Bonchev–Trinajstić information content (AvgIpc) is 2.54. The van der Waals surface area contributed by atoms with Gasteiger partial charge in [0.2, 0.25) is 5.91 Å². The fourth-order valence-corrected chi connectivity index (χ4v) is 4.13. The predicted octanol–water partition coefficient (Wildman–Crippen LogP) is 0.548. The van der Waals surface area contributed by atoms with Crippen LogP contribution in [0, 0.1) is 6.92 Å². The molecular formula is C17H28N4O3S. The Balaban J connectivity index is 2.12. The van der Waals surface area contributed by atoms with E-state index in [1.54, 1.807) is 4.90 Å². The summed E-state index contributed by atoms with van der Waals surface area (Å²) in [5.74, 6) is 0.0116. The summed E-state index contributed by atoms with van der Waals surface area (Å²) in [7, 11) is 3.39. The molecule has 0 saturated carbocycles. The lowest BCUT2D eigenvalue weighted by Crippen LogP contribution is -2.54. The molecule has 140 valence electrons. The molecule has 1 heterocycles. The van der Waals surface area contributed by atoms with E-state index >= 15 is 0 Å². The maximum atomic E-state index is 13.0. The minimum absolute atomic E-state index is 0.0116. The van der Waals surface area contributed by atoms with Crippen molar-refractivity contribution >= 4 is 16.1 Å². The van der Waals surface area contributed by atoms with Crippen molar-refractivity contribution in [3.05, 3.63) is 35.4 Å². The normalized spacial score (nSPS) is 18.0. The van der Waals surface area contributed by atoms with Gasteiger partial charge in [-0.05, 0) is 26.6 Å². The van der Waals surface area contributed by atoms with Gasteiger partial charge in [-0.2, -0.15) is 17.0 Å². The van der Waals surface area contributed by atoms with Crippen LogP contribution in [-0.4, -0.2) is 87.1 Å². The van der Waals surface area contributed by atoms with Crippen molar-refractivity contribution in [2.75, 3.05) is 54.4 Å². The van der Waals surface area contributed by atoms with Crippen LogP contribution >= 0.6 is 0 Å². The van der Waals surface area contributed by atoms with E-state index in [1.807, 2.05) is 50.2 Å². The van der Waals surface area contributed by atoms with Crippen LogP contribution in [0.5, 0.6) is 0 Å². The van der Waals surface area contributed by atoms with Gasteiger partial charge in [-0.3, -0.25) is 9.69 Å². The zero-order valence-corrected chi connectivity index (χ0v) is 16.5. The molecule has 0 bridgehead atoms. The van der Waals surface area contributed by atoms with E-state index in [0.29, 0.717) is 26.2 Å². The highest BCUT2D eigenvalue weighted by molar-refractivity contribution is 7.86. The zero-order chi connectivity index (χ0) is 18.8. The highest BCUT2D eigenvalue weighted by Gasteiger charge is 2.33. The summed E-state index contributed by atoms with van der Waals surface area (Å²) in [5.41, 5.74) is 2.07. The van der Waals surface area contributed by atoms with Gasteiger partial charge in [0.05, 0.1) is 0 Å². The Morgan fingerprint density at radius 2 is 1.68 bits per heavy atom. The molecule has 7 nitrogen and oxygen atoms in total. The first kappa shape index (κ1) is 19.8. The fourth-order valence-electron chi connectivity index (χ4n) is 3.04. The number of hydrogen-bond donors (Lipinski definition) is 0. The number of piperazine rings is 1. The minimum atomic E-state index is -3.43. The molecule has 8 heteroatoms. The molecule has 1 aromatic rings. The second-order valence-electron chi connectivity index (χ2n) is 6.79. The first-order valence-corrected chi connectivity index (χ1v) is 9.73. The highest BCUT2D eigenvalue weighted by atomic mass is 32.2. The van der Waals surface area contributed by atoms with Crippen molar-refractivity contribution in [1.29, 1.82) is 0 Å². The summed E-state index contributed by atoms with van der Waals surface area (Å²) in [6.07, 6.45) is 0. The van der Waals surface area contributed by atoms with E-state index in [2.05, 4.69) is 0 Å². The van der Waals surface area contributed by atoms with Gasteiger partial charge >= 0.3 is 0 Å². The zero-order valence-electron chi connectivity index (χ0n) is 15.6. The number of carbonyl (C=O) groups is 1. The SMILES string of the molecule is Cc1cccc([C@H](C(=O)N2CCN(S(=O)(=O)N(C)C)CC2)N(C)C)c1. The van der Waals surface area contributed by atoms with Gasteiger partial charge in [0.15, 0.2) is 0 Å². The number of carbonyl (C=O) groups excluding carboxylic acids is 1. The molecule has 1 aromatic carbocycles. The summed E-state index contributed by atoms with van der Waals surface area (Å²) in [4.78, 5) is 16.7. The Morgan fingerprint density at radius 3 is 2.16 bits per heavy atom. The van der Waals surface area contributed by atoms with Gasteiger partial charge in [-0.1, -0.05) is 29.8 Å². The Hall–Kier alpha value is -1.48. The van der Waals surface area contributed by atoms with Gasteiger partial charge < -0.3 is 4.90 Å². The molecule has 1 saturated heterocycles. The predicted molar refractivity (Wildman–Crippen MR) is 98.4 cm³/mol. The second kappa shape index (κ2) is 7.82. The molecule has 0 unspecified atom stereocenters. The maximum absolute atomic E-state index is 13.0. The number of hydrogen-bond acceptors (Lipinski definition) is 4. The molecule has 0 spiro atoms. The van der Waals surface area contributed by atoms with Crippen LogP contribution in [0.15, 0.2) is 24.3 Å². The third kappa shape index (κ3) is 4.38. The molecule has 2 rings (SSSR count). The molecule has 1 fully saturated rings. The van der Waals surface area contributed by atoms with Crippen molar-refractivity contribution in [1.82, 2.24) is 18.4 Å². The Bertz CT molecular complexity index is 710. The van der Waals surface area contributed by atoms with E-state index in [1.165, 1.54) is 22.7 Å². The van der Waals surface area contributed by atoms with E-state index in [-0.39, 0.29) is 11.9 Å². The summed E-state index contributed by atoms with van der Waals surface area (Å²) < 4.78 is 27.0. The molecule has 1 aliphatic rings. The van der Waals surface area contributed by atoms with Crippen molar-refractivity contribution in [3.8, 4) is 0 Å². The number of amides is 1. The quantitative estimate of drug-likeness (QED) is 0.761. The molecule has 0 N–H and O–H groups in total. The monoisotopic (exact) mass is 368 g/mol. The summed E-state index contributed by atoms with van der Waals surface area (Å²) in [6.45, 7) is 3.45. The molecule has 0 radical (unpaired) electrons. The Morgan fingerprint density at radius 1 is 1.08 bits per heavy atom. The summed E-state index contributed by atoms with van der Waals surface area (Å²) >= 11 is 0. The third-order valence-electron chi connectivity index (χ3n) is 4.45. The lowest BCUT2D eigenvalue weighted by molar-refractivity contribution is -0.137. The van der Waals surface area contributed by atoms with Crippen molar-refractivity contribution in [2.24, 2.45) is 0 Å². The molecule has 0 aromatic heterocycles. The third-order valence-corrected chi connectivity index (χ3v) is 6.39. The van der Waals surface area contributed by atoms with Gasteiger partial charge in [0.25, 0.3) is 10.2 Å². The van der Waals surface area contributed by atoms with Crippen LogP contribution in [-0.2, 0) is 15.0 Å². The van der Waals surface area contributed by atoms with Gasteiger partial charge in [0.1, 0.15) is 6.04 Å². The number of aryl methyl sites for hydroxylation is 1. The topological polar surface area (TPSA) is 64.2 Å². The fraction of sp³-hybridized carbons (Fsp3) is 0.588. The van der Waals surface area contributed by atoms with Gasteiger partial charge in [0, 0.05) is 40.3 Å². The first-order valence-electron chi connectivity index (χ1n) is 8.34. The van der Waals surface area contributed by atoms with Crippen LogP contribution in [0.2, 0.25) is 0 Å². The van der Waals surface area contributed by atoms with Crippen molar-refractivity contribution < 1.29 is 13.2 Å². The summed E-state index contributed by atoms with van der Waals surface area (Å²) in [5, 5.41) is 0. The number of benzene rings is 1. The lowest BCUT2D eigenvalue weighted by atomic mass is 10.0. The Kier molecular flexibility index (Phi) is 6.21. The van der Waals surface area contributed by atoms with Crippen molar-refractivity contribution in [2.45, 2.75) is 13.0 Å². The molecule has 25 heavy (non-hydrogen) atoms. The molecule has 1 atom stereocenters. The van der Waals surface area contributed by atoms with Gasteiger partial charge in [-0.25, -0.2) is 0 Å². The van der Waals surface area contributed by atoms with E-state index in [4.69, 9.17) is 0 Å². The van der Waals surface area contributed by atoms with Gasteiger partial charge in [-0.15, -0.1) is 0 Å². The van der Waals surface area contributed by atoms with E-state index < -0.39 is 10.2 Å². The van der Waals surface area contributed by atoms with E-state index in [9.17, 15) is 13.2 Å². The largest absolute Gasteiger partial charge is 0.338 e. The van der Waals surface area contributed by atoms with Crippen LogP contribution < -0.4 is 0 Å². The molecule has 1 amide bonds. The number of nitrogens with zero attached hydrogens (tertiary/aromatic N) is 4. The first-order chi connectivity index (χ1) is 11.6. The van der Waals surface area contributed by atoms with Crippen LogP contribution in [0.25, 0.3) is 0 Å². The minimum Gasteiger partial charge on any atom is -0.338 e. The van der Waals surface area contributed by atoms with Crippen molar-refractivity contribution in [3.63, 3.8) is 0 Å². The van der Waals surface area contributed by atoms with E-state index in [0.717, 1.165) is 11.1 Å².